The van der Waals surface area contributed by atoms with Crippen LogP contribution in [0, 0.1) is 33.1 Å². The van der Waals surface area contributed by atoms with Gasteiger partial charge >= 0.3 is 5.88 Å². The van der Waals surface area contributed by atoms with Gasteiger partial charge in [-0.2, -0.15) is 0 Å². The van der Waals surface area contributed by atoms with E-state index in [0.717, 1.165) is 6.07 Å². The second-order valence-corrected chi connectivity index (χ2v) is 6.05. The molecule has 0 saturated carbocycles. The van der Waals surface area contributed by atoms with Crippen LogP contribution in [0.4, 0.5) is 17.3 Å². The number of amides is 2. The highest BCUT2D eigenvalue weighted by atomic mass is 16.6. The Hall–Kier alpha value is -3.76. The smallest absolute Gasteiger partial charge is 0.395 e. The van der Waals surface area contributed by atoms with Crippen LogP contribution in [0.3, 0.4) is 0 Å². The summed E-state index contributed by atoms with van der Waals surface area (Å²) in [4.78, 5) is 45.9. The van der Waals surface area contributed by atoms with E-state index in [1.807, 2.05) is 0 Å². The van der Waals surface area contributed by atoms with Gasteiger partial charge in [0, 0.05) is 25.2 Å². The van der Waals surface area contributed by atoms with Crippen LogP contribution in [-0.4, -0.2) is 39.7 Å². The summed E-state index contributed by atoms with van der Waals surface area (Å²) in [5.41, 5.74) is 0.866. The van der Waals surface area contributed by atoms with E-state index in [1.165, 1.54) is 29.2 Å². The maximum atomic E-state index is 12.3. The highest BCUT2D eigenvalue weighted by Gasteiger charge is 2.37. The van der Waals surface area contributed by atoms with Crippen molar-refractivity contribution in [2.75, 3.05) is 18.4 Å². The Bertz CT molecular complexity index is 946. The molecule has 0 atom stereocenters. The van der Waals surface area contributed by atoms with Gasteiger partial charge in [-0.15, -0.1) is 0 Å². The number of hydrogen-bond acceptors (Lipinski definition) is 7. The molecule has 0 aliphatic carbocycles. The second kappa shape index (κ2) is 6.86. The Kier molecular flexibility index (Phi) is 4.59. The van der Waals surface area contributed by atoms with E-state index < -0.39 is 27.6 Å². The van der Waals surface area contributed by atoms with E-state index in [9.17, 15) is 29.8 Å². The number of likely N-dealkylation sites (tertiary alicyclic amines) is 1. The first kappa shape index (κ1) is 18.0. The van der Waals surface area contributed by atoms with Gasteiger partial charge in [0.15, 0.2) is 5.76 Å². The third-order valence-electron chi connectivity index (χ3n) is 4.21. The predicted molar refractivity (Wildman–Crippen MR) is 91.2 cm³/mol. The molecule has 2 amide bonds. The summed E-state index contributed by atoms with van der Waals surface area (Å²) in [5, 5.41) is 24.1. The number of carbonyl (C=O) groups is 2. The number of benzene rings is 1. The van der Waals surface area contributed by atoms with Gasteiger partial charge in [0.05, 0.1) is 22.6 Å². The van der Waals surface area contributed by atoms with Crippen molar-refractivity contribution in [3.63, 3.8) is 0 Å². The van der Waals surface area contributed by atoms with E-state index in [2.05, 4.69) is 5.32 Å². The lowest BCUT2D eigenvalue weighted by Gasteiger charge is -2.37. The molecular formula is C16H14N4O7. The first-order chi connectivity index (χ1) is 12.8. The van der Waals surface area contributed by atoms with Crippen LogP contribution in [0.15, 0.2) is 34.7 Å². The Morgan fingerprint density at radius 2 is 1.85 bits per heavy atom. The quantitative estimate of drug-likeness (QED) is 0.622. The van der Waals surface area contributed by atoms with E-state index in [0.29, 0.717) is 11.3 Å². The number of nitro benzene ring substituents is 1. The van der Waals surface area contributed by atoms with E-state index in [4.69, 9.17) is 4.42 Å². The van der Waals surface area contributed by atoms with Crippen molar-refractivity contribution < 1.29 is 23.9 Å². The summed E-state index contributed by atoms with van der Waals surface area (Å²) in [6.07, 6.45) is 0. The number of nitro groups is 2. The van der Waals surface area contributed by atoms with Crippen molar-refractivity contribution in [1.82, 2.24) is 4.90 Å². The summed E-state index contributed by atoms with van der Waals surface area (Å²) in [6, 6.07) is 6.45. The number of anilines is 1. The van der Waals surface area contributed by atoms with Gasteiger partial charge < -0.3 is 14.6 Å². The van der Waals surface area contributed by atoms with Gasteiger partial charge in [-0.3, -0.25) is 29.8 Å². The molecular weight excluding hydrogens is 360 g/mol. The largest absolute Gasteiger partial charge is 0.433 e. The number of nitrogens with zero attached hydrogens (tertiary/aromatic N) is 3. The lowest BCUT2D eigenvalue weighted by atomic mass is 9.98. The molecule has 140 valence electrons. The van der Waals surface area contributed by atoms with Crippen molar-refractivity contribution in [2.45, 2.75) is 6.92 Å². The van der Waals surface area contributed by atoms with Crippen LogP contribution < -0.4 is 5.32 Å². The molecule has 0 bridgehead atoms. The Morgan fingerprint density at radius 3 is 2.44 bits per heavy atom. The molecule has 1 N–H and O–H groups in total. The van der Waals surface area contributed by atoms with Gasteiger partial charge in [-0.25, -0.2) is 0 Å². The van der Waals surface area contributed by atoms with Gasteiger partial charge in [0.1, 0.15) is 4.92 Å². The maximum absolute atomic E-state index is 12.3. The van der Waals surface area contributed by atoms with Crippen molar-refractivity contribution in [3.05, 3.63) is 61.9 Å². The first-order valence-corrected chi connectivity index (χ1v) is 7.85. The molecule has 1 aliphatic heterocycles. The zero-order chi connectivity index (χ0) is 19.7. The molecule has 27 heavy (non-hydrogen) atoms. The third-order valence-corrected chi connectivity index (χ3v) is 4.21. The second-order valence-electron chi connectivity index (χ2n) is 6.05. The fourth-order valence-corrected chi connectivity index (χ4v) is 2.60. The summed E-state index contributed by atoms with van der Waals surface area (Å²) in [5.74, 6) is -2.10. The molecule has 0 spiro atoms. The number of furan rings is 1. The predicted octanol–water partition coefficient (Wildman–Crippen LogP) is 2.12. The minimum Gasteiger partial charge on any atom is -0.395 e. The normalized spacial score (nSPS) is 13.7. The fraction of sp³-hybridized carbons (Fsp3) is 0.250. The molecule has 2 aromatic rings. The Morgan fingerprint density at radius 1 is 1.15 bits per heavy atom. The average molecular weight is 374 g/mol. The van der Waals surface area contributed by atoms with Crippen molar-refractivity contribution >= 4 is 29.1 Å². The van der Waals surface area contributed by atoms with Gasteiger partial charge in [-0.05, 0) is 18.6 Å². The molecule has 2 heterocycles. The van der Waals surface area contributed by atoms with Crippen LogP contribution in [0.1, 0.15) is 16.1 Å². The highest BCUT2D eigenvalue weighted by Crippen LogP contribution is 2.26. The number of rotatable bonds is 5. The van der Waals surface area contributed by atoms with Crippen molar-refractivity contribution in [2.24, 2.45) is 5.92 Å². The molecule has 0 unspecified atom stereocenters. The summed E-state index contributed by atoms with van der Waals surface area (Å²) in [6.45, 7) is 1.94. The van der Waals surface area contributed by atoms with E-state index in [-0.39, 0.29) is 30.4 Å². The molecule has 11 nitrogen and oxygen atoms in total. The topological polar surface area (TPSA) is 149 Å². The zero-order valence-electron chi connectivity index (χ0n) is 14.1. The van der Waals surface area contributed by atoms with E-state index in [1.54, 1.807) is 6.92 Å². The Labute approximate surface area is 151 Å². The lowest BCUT2D eigenvalue weighted by molar-refractivity contribution is -0.402. The molecule has 1 aromatic heterocycles. The number of carbonyl (C=O) groups excluding carboxylic acids is 2. The number of non-ortho nitro benzene ring substituents is 1. The average Bonchev–Trinajstić information content (AvgIpc) is 3.05. The van der Waals surface area contributed by atoms with Gasteiger partial charge in [0.25, 0.3) is 11.6 Å². The summed E-state index contributed by atoms with van der Waals surface area (Å²) < 4.78 is 4.85. The molecule has 1 aliphatic rings. The van der Waals surface area contributed by atoms with Crippen LogP contribution in [-0.2, 0) is 4.79 Å². The standard InChI is InChI=1S/C16H14N4O7/c1-9-2-3-11(19(23)24)6-12(9)17-15(21)10-7-18(8-10)16(22)13-4-5-14(27-13)20(25)26/h2-6,10H,7-8H2,1H3,(H,17,21). The maximum Gasteiger partial charge on any atom is 0.433 e. The molecule has 1 aromatic carbocycles. The van der Waals surface area contributed by atoms with Crippen molar-refractivity contribution in [1.29, 1.82) is 0 Å². The minimum absolute atomic E-state index is 0.118. The number of nitrogens with one attached hydrogen (secondary N) is 1. The SMILES string of the molecule is Cc1ccc([N+](=O)[O-])cc1NC(=O)C1CN(C(=O)c2ccc([N+](=O)[O-])o2)C1. The number of aryl methyl sites for hydroxylation is 1. The first-order valence-electron chi connectivity index (χ1n) is 7.85. The van der Waals surface area contributed by atoms with Gasteiger partial charge in [0.2, 0.25) is 5.91 Å². The van der Waals surface area contributed by atoms with Crippen LogP contribution in [0.5, 0.6) is 0 Å². The Balaban J connectivity index is 1.60. The lowest BCUT2D eigenvalue weighted by Crippen LogP contribution is -2.54. The van der Waals surface area contributed by atoms with Crippen LogP contribution in [0.25, 0.3) is 0 Å². The van der Waals surface area contributed by atoms with Crippen molar-refractivity contribution in [3.8, 4) is 0 Å². The molecule has 1 saturated heterocycles. The minimum atomic E-state index is -0.746. The molecule has 3 rings (SSSR count). The van der Waals surface area contributed by atoms with Gasteiger partial charge in [-0.1, -0.05) is 6.07 Å². The van der Waals surface area contributed by atoms with E-state index >= 15 is 0 Å². The van der Waals surface area contributed by atoms with Crippen LogP contribution in [0.2, 0.25) is 0 Å². The highest BCUT2D eigenvalue weighted by molar-refractivity contribution is 5.98. The summed E-state index contributed by atoms with van der Waals surface area (Å²) in [7, 11) is 0. The molecule has 1 fully saturated rings. The molecule has 11 heteroatoms. The monoisotopic (exact) mass is 374 g/mol. The van der Waals surface area contributed by atoms with Crippen LogP contribution >= 0.6 is 0 Å². The zero-order valence-corrected chi connectivity index (χ0v) is 14.1. The summed E-state index contributed by atoms with van der Waals surface area (Å²) >= 11 is 0. The third kappa shape index (κ3) is 3.61. The number of hydrogen-bond donors (Lipinski definition) is 1. The molecule has 0 radical (unpaired) electrons. The fourth-order valence-electron chi connectivity index (χ4n) is 2.60.